The molecule has 0 aliphatic rings. The number of H-pyrrole nitrogens is 1. The van der Waals surface area contributed by atoms with E-state index >= 15 is 0 Å². The summed E-state index contributed by atoms with van der Waals surface area (Å²) < 4.78 is 17.1. The van der Waals surface area contributed by atoms with Crippen molar-refractivity contribution >= 4 is 33.2 Å². The molecule has 1 atom stereocenters. The largest absolute Gasteiger partial charge is 0.493 e. The van der Waals surface area contributed by atoms with E-state index in [1.54, 1.807) is 14.2 Å². The Labute approximate surface area is 193 Å². The Hall–Kier alpha value is -2.71. The molecule has 31 heavy (non-hydrogen) atoms. The third-order valence-corrected chi connectivity index (χ3v) is 5.68. The Bertz CT molecular complexity index is 1090. The highest BCUT2D eigenvalue weighted by molar-refractivity contribution is 9.10. The summed E-state index contributed by atoms with van der Waals surface area (Å²) in [6.07, 6.45) is 0.444. The molecule has 0 radical (unpaired) electrons. The van der Waals surface area contributed by atoms with Crippen molar-refractivity contribution in [3.63, 3.8) is 0 Å². The normalized spacial score (nSPS) is 11.6. The maximum atomic E-state index is 12.1. The van der Waals surface area contributed by atoms with Gasteiger partial charge in [0.25, 0.3) is 11.4 Å². The first-order valence-corrected chi connectivity index (χ1v) is 10.8. The van der Waals surface area contributed by atoms with Crippen LogP contribution < -0.4 is 25.1 Å². The fourth-order valence-electron chi connectivity index (χ4n) is 3.03. The highest BCUT2D eigenvalue weighted by atomic mass is 79.9. The van der Waals surface area contributed by atoms with Crippen molar-refractivity contribution in [2.24, 2.45) is 0 Å². The number of nitrogens with zero attached hydrogens (tertiary/aromatic N) is 1. The number of hydrogen-bond acceptors (Lipinski definition) is 6. The van der Waals surface area contributed by atoms with E-state index in [4.69, 9.17) is 25.8 Å². The predicted octanol–water partition coefficient (Wildman–Crippen LogP) is 5.35. The van der Waals surface area contributed by atoms with Crippen LogP contribution in [0, 0.1) is 0 Å². The van der Waals surface area contributed by atoms with Gasteiger partial charge in [0.1, 0.15) is 16.3 Å². The molecule has 1 heterocycles. The first kappa shape index (κ1) is 23.0. The Morgan fingerprint density at radius 3 is 2.48 bits per heavy atom. The second kappa shape index (κ2) is 10.5. The maximum Gasteiger partial charge on any atom is 0.280 e. The van der Waals surface area contributed by atoms with Crippen molar-refractivity contribution in [2.75, 3.05) is 19.5 Å². The van der Waals surface area contributed by atoms with Crippen LogP contribution >= 0.6 is 27.5 Å². The van der Waals surface area contributed by atoms with Gasteiger partial charge in [-0.15, -0.1) is 5.10 Å². The Morgan fingerprint density at radius 1 is 1.13 bits per heavy atom. The molecule has 0 saturated carbocycles. The summed E-state index contributed by atoms with van der Waals surface area (Å²) >= 11 is 9.34. The highest BCUT2D eigenvalue weighted by Gasteiger charge is 2.19. The van der Waals surface area contributed by atoms with Crippen molar-refractivity contribution in [2.45, 2.75) is 26.0 Å². The fraction of sp³-hybridized carbons (Fsp3) is 0.273. The minimum absolute atomic E-state index is 0.260. The molecular weight excluding hydrogens is 486 g/mol. The number of ether oxygens (including phenoxy) is 3. The first-order valence-electron chi connectivity index (χ1n) is 9.61. The van der Waals surface area contributed by atoms with E-state index in [1.165, 1.54) is 0 Å². The van der Waals surface area contributed by atoms with Crippen LogP contribution in [0.5, 0.6) is 17.4 Å². The van der Waals surface area contributed by atoms with E-state index in [2.05, 4.69) is 31.4 Å². The van der Waals surface area contributed by atoms with Crippen LogP contribution in [0.25, 0.3) is 0 Å². The lowest BCUT2D eigenvalue weighted by Gasteiger charge is -2.20. The maximum absolute atomic E-state index is 12.1. The topological polar surface area (TPSA) is 85.5 Å². The average Bonchev–Trinajstić information content (AvgIpc) is 2.79. The molecule has 0 fully saturated rings. The smallest absolute Gasteiger partial charge is 0.280 e. The standard InChI is InChI=1S/C22H23BrClN3O4/c1-4-16(14-6-8-15(24)9-7-14)31-22-20(19(23)21(28)26-27-22)25-12-13-5-10-17(29-2)18(11-13)30-3/h5-11,16H,4,12H2,1-3H3,(H2,25,26,28). The summed E-state index contributed by atoms with van der Waals surface area (Å²) in [5, 5.41) is 10.5. The van der Waals surface area contributed by atoms with Gasteiger partial charge in [-0.1, -0.05) is 36.7 Å². The van der Waals surface area contributed by atoms with Gasteiger partial charge >= 0.3 is 0 Å². The zero-order valence-corrected chi connectivity index (χ0v) is 19.7. The van der Waals surface area contributed by atoms with Crippen molar-refractivity contribution in [1.29, 1.82) is 0 Å². The fourth-order valence-corrected chi connectivity index (χ4v) is 3.56. The number of halogens is 2. The number of rotatable bonds is 9. The van der Waals surface area contributed by atoms with Crippen LogP contribution in [-0.4, -0.2) is 24.4 Å². The molecule has 3 rings (SSSR count). The molecule has 9 heteroatoms. The van der Waals surface area contributed by atoms with Crippen LogP contribution in [-0.2, 0) is 6.54 Å². The van der Waals surface area contributed by atoms with Crippen LogP contribution in [0.3, 0.4) is 0 Å². The van der Waals surface area contributed by atoms with Gasteiger partial charge in [-0.3, -0.25) is 4.79 Å². The molecule has 3 aromatic rings. The molecule has 1 aromatic heterocycles. The van der Waals surface area contributed by atoms with Crippen molar-refractivity contribution in [3.05, 3.63) is 73.4 Å². The Kier molecular flexibility index (Phi) is 7.81. The van der Waals surface area contributed by atoms with Crippen molar-refractivity contribution < 1.29 is 14.2 Å². The molecule has 0 amide bonds. The highest BCUT2D eigenvalue weighted by Crippen LogP contribution is 2.33. The Balaban J connectivity index is 1.86. The summed E-state index contributed by atoms with van der Waals surface area (Å²) in [5.41, 5.74) is 2.00. The molecule has 0 saturated heterocycles. The number of benzene rings is 2. The van der Waals surface area contributed by atoms with Crippen molar-refractivity contribution in [3.8, 4) is 17.4 Å². The van der Waals surface area contributed by atoms with Crippen LogP contribution in [0.1, 0.15) is 30.6 Å². The van der Waals surface area contributed by atoms with Gasteiger partial charge in [-0.25, -0.2) is 5.10 Å². The molecule has 0 spiro atoms. The third-order valence-electron chi connectivity index (χ3n) is 4.68. The van der Waals surface area contributed by atoms with E-state index in [0.717, 1.165) is 11.1 Å². The minimum atomic E-state index is -0.360. The Morgan fingerprint density at radius 2 is 1.84 bits per heavy atom. The zero-order chi connectivity index (χ0) is 22.4. The molecule has 1 unspecified atom stereocenters. The molecule has 0 aliphatic heterocycles. The molecule has 0 bridgehead atoms. The lowest BCUT2D eigenvalue weighted by molar-refractivity contribution is 0.191. The molecule has 2 N–H and O–H groups in total. The second-order valence-electron chi connectivity index (χ2n) is 6.66. The SMILES string of the molecule is CCC(Oc1n[nH]c(=O)c(Br)c1NCc1ccc(OC)c(OC)c1)c1ccc(Cl)cc1. The number of anilines is 1. The first-order chi connectivity index (χ1) is 15.0. The molecule has 164 valence electrons. The van der Waals surface area contributed by atoms with Gasteiger partial charge in [0, 0.05) is 11.6 Å². The summed E-state index contributed by atoms with van der Waals surface area (Å²) in [6.45, 7) is 2.43. The van der Waals surface area contributed by atoms with Gasteiger partial charge < -0.3 is 19.5 Å². The summed E-state index contributed by atoms with van der Waals surface area (Å²) in [4.78, 5) is 12.1. The molecule has 7 nitrogen and oxygen atoms in total. The van der Waals surface area contributed by atoms with E-state index < -0.39 is 0 Å². The molecular formula is C22H23BrClN3O4. The monoisotopic (exact) mass is 507 g/mol. The van der Waals surface area contributed by atoms with E-state index in [-0.39, 0.29) is 17.5 Å². The van der Waals surface area contributed by atoms with Crippen LogP contribution in [0.15, 0.2) is 51.7 Å². The lowest BCUT2D eigenvalue weighted by atomic mass is 10.1. The third kappa shape index (κ3) is 5.51. The average molecular weight is 509 g/mol. The minimum Gasteiger partial charge on any atom is -0.493 e. The number of aromatic amines is 1. The second-order valence-corrected chi connectivity index (χ2v) is 7.89. The van der Waals surface area contributed by atoms with Gasteiger partial charge in [0.05, 0.1) is 14.2 Å². The van der Waals surface area contributed by atoms with Crippen molar-refractivity contribution in [1.82, 2.24) is 10.2 Å². The van der Waals surface area contributed by atoms with Crippen LogP contribution in [0.4, 0.5) is 5.69 Å². The summed E-state index contributed by atoms with van der Waals surface area (Å²) in [7, 11) is 3.17. The lowest BCUT2D eigenvalue weighted by Crippen LogP contribution is -2.17. The van der Waals surface area contributed by atoms with Gasteiger partial charge in [-0.2, -0.15) is 0 Å². The number of aromatic nitrogens is 2. The number of methoxy groups -OCH3 is 2. The summed E-state index contributed by atoms with van der Waals surface area (Å²) in [6, 6.07) is 13.0. The summed E-state index contributed by atoms with van der Waals surface area (Å²) in [5.74, 6) is 1.55. The molecule has 0 aliphatic carbocycles. The van der Waals surface area contributed by atoms with E-state index in [1.807, 2.05) is 49.4 Å². The zero-order valence-electron chi connectivity index (χ0n) is 17.4. The van der Waals surface area contributed by atoms with E-state index in [0.29, 0.717) is 39.6 Å². The number of hydrogen-bond donors (Lipinski definition) is 2. The predicted molar refractivity (Wildman–Crippen MR) is 125 cm³/mol. The number of nitrogens with one attached hydrogen (secondary N) is 2. The van der Waals surface area contributed by atoms with Gasteiger partial charge in [0.15, 0.2) is 11.5 Å². The van der Waals surface area contributed by atoms with E-state index in [9.17, 15) is 4.79 Å². The molecule has 2 aromatic carbocycles. The van der Waals surface area contributed by atoms with Gasteiger partial charge in [0.2, 0.25) is 0 Å². The van der Waals surface area contributed by atoms with Gasteiger partial charge in [-0.05, 0) is 57.7 Å². The quantitative estimate of drug-likeness (QED) is 0.405. The van der Waals surface area contributed by atoms with Crippen LogP contribution in [0.2, 0.25) is 5.02 Å².